The monoisotopic (exact) mass is 234 g/mol. The predicted molar refractivity (Wildman–Crippen MR) is 62.0 cm³/mol. The van der Waals surface area contributed by atoms with Crippen LogP contribution in [-0.4, -0.2) is 29.4 Å². The lowest BCUT2D eigenvalue weighted by Crippen LogP contribution is -2.36. The maximum absolute atomic E-state index is 11.8. The Morgan fingerprint density at radius 1 is 1.47 bits per heavy atom. The summed E-state index contributed by atoms with van der Waals surface area (Å²) in [7, 11) is 0. The van der Waals surface area contributed by atoms with Gasteiger partial charge in [-0.1, -0.05) is 6.07 Å². The van der Waals surface area contributed by atoms with Crippen LogP contribution in [0.1, 0.15) is 6.42 Å². The number of nitrogens with zero attached hydrogens (tertiary/aromatic N) is 1. The number of hydrogen-bond acceptors (Lipinski definition) is 4. The molecule has 6 nitrogen and oxygen atoms in total. The third kappa shape index (κ3) is 2.79. The van der Waals surface area contributed by atoms with Crippen LogP contribution < -0.4 is 16.4 Å². The molecular formula is C11H14N4O2. The molecule has 1 fully saturated rings. The molecule has 90 valence electrons. The van der Waals surface area contributed by atoms with Gasteiger partial charge in [0.15, 0.2) is 0 Å². The molecule has 1 aromatic rings. The summed E-state index contributed by atoms with van der Waals surface area (Å²) < 4.78 is 0. The highest BCUT2D eigenvalue weighted by Gasteiger charge is 2.32. The molecule has 1 saturated heterocycles. The molecule has 0 spiro atoms. The number of nitrogens with two attached hydrogens (primary N) is 1. The van der Waals surface area contributed by atoms with Gasteiger partial charge in [0, 0.05) is 12.7 Å². The Balaban J connectivity index is 1.92. The zero-order chi connectivity index (χ0) is 12.3. The van der Waals surface area contributed by atoms with Crippen LogP contribution in [0, 0.1) is 5.92 Å². The van der Waals surface area contributed by atoms with Gasteiger partial charge < -0.3 is 16.4 Å². The van der Waals surface area contributed by atoms with Crippen LogP contribution in [0.4, 0.5) is 5.82 Å². The summed E-state index contributed by atoms with van der Waals surface area (Å²) in [6, 6.07) is 4.87. The number of aromatic nitrogens is 1. The summed E-state index contributed by atoms with van der Waals surface area (Å²) in [5.41, 5.74) is 5.17. The first-order valence-electron chi connectivity index (χ1n) is 5.41. The highest BCUT2D eigenvalue weighted by Crippen LogP contribution is 2.15. The van der Waals surface area contributed by atoms with Crippen molar-refractivity contribution in [1.82, 2.24) is 10.3 Å². The van der Waals surface area contributed by atoms with Crippen molar-refractivity contribution in [2.45, 2.75) is 12.5 Å². The smallest absolute Gasteiger partial charge is 0.234 e. The minimum Gasteiger partial charge on any atom is -0.368 e. The number of carbonyl (C=O) groups is 2. The Morgan fingerprint density at radius 3 is 2.88 bits per heavy atom. The van der Waals surface area contributed by atoms with E-state index >= 15 is 0 Å². The molecule has 2 heterocycles. The first-order valence-corrected chi connectivity index (χ1v) is 5.41. The topological polar surface area (TPSA) is 97.1 Å². The van der Waals surface area contributed by atoms with Gasteiger partial charge in [0.2, 0.25) is 11.8 Å². The third-order valence-corrected chi connectivity index (χ3v) is 2.76. The molecule has 0 bridgehead atoms. The molecule has 0 radical (unpaired) electrons. The van der Waals surface area contributed by atoms with Crippen molar-refractivity contribution in [2.24, 2.45) is 11.7 Å². The Labute approximate surface area is 98.6 Å². The van der Waals surface area contributed by atoms with E-state index in [1.54, 1.807) is 24.4 Å². The van der Waals surface area contributed by atoms with Gasteiger partial charge in [0.1, 0.15) is 5.82 Å². The number of amides is 2. The van der Waals surface area contributed by atoms with Gasteiger partial charge in [-0.25, -0.2) is 4.98 Å². The SMILES string of the molecule is NC(=O)C1CC(C(=O)Nc2ccccn2)CN1. The maximum atomic E-state index is 11.8. The minimum atomic E-state index is -0.418. The summed E-state index contributed by atoms with van der Waals surface area (Å²) in [5.74, 6) is -0.285. The second kappa shape index (κ2) is 4.92. The van der Waals surface area contributed by atoms with E-state index in [0.29, 0.717) is 18.8 Å². The van der Waals surface area contributed by atoms with E-state index in [9.17, 15) is 9.59 Å². The van der Waals surface area contributed by atoms with Crippen LogP contribution in [-0.2, 0) is 9.59 Å². The molecule has 1 aliphatic rings. The maximum Gasteiger partial charge on any atom is 0.234 e. The zero-order valence-electron chi connectivity index (χ0n) is 9.22. The Hall–Kier alpha value is -1.95. The number of primary amides is 1. The van der Waals surface area contributed by atoms with E-state index in [-0.39, 0.29) is 11.8 Å². The van der Waals surface area contributed by atoms with Crippen LogP contribution in [0.5, 0.6) is 0 Å². The fourth-order valence-electron chi connectivity index (χ4n) is 1.82. The first kappa shape index (κ1) is 11.5. The van der Waals surface area contributed by atoms with Gasteiger partial charge in [-0.05, 0) is 18.6 Å². The highest BCUT2D eigenvalue weighted by molar-refractivity contribution is 5.93. The number of anilines is 1. The summed E-state index contributed by atoms with van der Waals surface area (Å²) in [5, 5.41) is 5.62. The van der Waals surface area contributed by atoms with Gasteiger partial charge in [0.25, 0.3) is 0 Å². The Morgan fingerprint density at radius 2 is 2.29 bits per heavy atom. The summed E-state index contributed by atoms with van der Waals surface area (Å²) in [6.45, 7) is 0.465. The molecule has 17 heavy (non-hydrogen) atoms. The zero-order valence-corrected chi connectivity index (χ0v) is 9.22. The lowest BCUT2D eigenvalue weighted by Gasteiger charge is -2.08. The number of rotatable bonds is 3. The molecule has 0 aromatic carbocycles. The van der Waals surface area contributed by atoms with Crippen LogP contribution >= 0.6 is 0 Å². The van der Waals surface area contributed by atoms with Crippen molar-refractivity contribution >= 4 is 17.6 Å². The van der Waals surface area contributed by atoms with Crippen molar-refractivity contribution in [3.63, 3.8) is 0 Å². The highest BCUT2D eigenvalue weighted by atomic mass is 16.2. The van der Waals surface area contributed by atoms with E-state index in [1.165, 1.54) is 0 Å². The van der Waals surface area contributed by atoms with Crippen molar-refractivity contribution in [3.8, 4) is 0 Å². The van der Waals surface area contributed by atoms with Crippen molar-refractivity contribution in [1.29, 1.82) is 0 Å². The number of hydrogen-bond donors (Lipinski definition) is 3. The Bertz CT molecular complexity index is 421. The van der Waals surface area contributed by atoms with Crippen molar-refractivity contribution < 1.29 is 9.59 Å². The van der Waals surface area contributed by atoms with E-state index in [2.05, 4.69) is 15.6 Å². The first-order chi connectivity index (χ1) is 8.16. The summed E-state index contributed by atoms with van der Waals surface area (Å²) in [6.07, 6.45) is 2.04. The number of carbonyl (C=O) groups excluding carboxylic acids is 2. The second-order valence-corrected chi connectivity index (χ2v) is 4.00. The molecule has 2 rings (SSSR count). The molecule has 4 N–H and O–H groups in total. The minimum absolute atomic E-state index is 0.139. The van der Waals surface area contributed by atoms with Gasteiger partial charge in [-0.3, -0.25) is 9.59 Å². The quantitative estimate of drug-likeness (QED) is 0.655. The van der Waals surface area contributed by atoms with E-state index in [4.69, 9.17) is 5.73 Å². The average molecular weight is 234 g/mol. The summed E-state index contributed by atoms with van der Waals surface area (Å²) in [4.78, 5) is 26.8. The molecule has 2 atom stereocenters. The average Bonchev–Trinajstić information content (AvgIpc) is 2.79. The van der Waals surface area contributed by atoms with Gasteiger partial charge in [-0.2, -0.15) is 0 Å². The van der Waals surface area contributed by atoms with Crippen molar-refractivity contribution in [3.05, 3.63) is 24.4 Å². The molecule has 0 saturated carbocycles. The van der Waals surface area contributed by atoms with E-state index < -0.39 is 11.9 Å². The predicted octanol–water partition coefficient (Wildman–Crippen LogP) is -0.517. The van der Waals surface area contributed by atoms with Crippen LogP contribution in [0.3, 0.4) is 0 Å². The van der Waals surface area contributed by atoms with Gasteiger partial charge in [0.05, 0.1) is 12.0 Å². The van der Waals surface area contributed by atoms with Crippen molar-refractivity contribution in [2.75, 3.05) is 11.9 Å². The Kier molecular flexibility index (Phi) is 3.34. The molecular weight excluding hydrogens is 220 g/mol. The standard InChI is InChI=1S/C11H14N4O2/c12-10(16)8-5-7(6-14-8)11(17)15-9-3-1-2-4-13-9/h1-4,7-8,14H,5-6H2,(H2,12,16)(H,13,15,17). The fraction of sp³-hybridized carbons (Fsp3) is 0.364. The largest absolute Gasteiger partial charge is 0.368 e. The lowest BCUT2D eigenvalue weighted by molar-refractivity contribution is -0.120. The lowest BCUT2D eigenvalue weighted by atomic mass is 10.0. The van der Waals surface area contributed by atoms with Gasteiger partial charge in [-0.15, -0.1) is 0 Å². The third-order valence-electron chi connectivity index (χ3n) is 2.76. The number of pyridine rings is 1. The van der Waals surface area contributed by atoms with E-state index in [1.807, 2.05) is 0 Å². The number of nitrogens with one attached hydrogen (secondary N) is 2. The van der Waals surface area contributed by atoms with Crippen LogP contribution in [0.15, 0.2) is 24.4 Å². The molecule has 0 aliphatic carbocycles. The van der Waals surface area contributed by atoms with Crippen LogP contribution in [0.2, 0.25) is 0 Å². The normalized spacial score (nSPS) is 23.3. The second-order valence-electron chi connectivity index (χ2n) is 4.00. The fourth-order valence-corrected chi connectivity index (χ4v) is 1.82. The van der Waals surface area contributed by atoms with Gasteiger partial charge >= 0.3 is 0 Å². The molecule has 1 aromatic heterocycles. The molecule has 1 aliphatic heterocycles. The molecule has 6 heteroatoms. The molecule has 2 amide bonds. The summed E-state index contributed by atoms with van der Waals surface area (Å²) >= 11 is 0. The molecule has 2 unspecified atom stereocenters. The van der Waals surface area contributed by atoms with Crippen LogP contribution in [0.25, 0.3) is 0 Å². The van der Waals surface area contributed by atoms with E-state index in [0.717, 1.165) is 0 Å².